The van der Waals surface area contributed by atoms with E-state index in [9.17, 15) is 14.4 Å². The highest BCUT2D eigenvalue weighted by molar-refractivity contribution is 6.44. The number of halogens is 3. The Bertz CT molecular complexity index is 1430. The molecule has 2 aromatic carbocycles. The van der Waals surface area contributed by atoms with E-state index in [-0.39, 0.29) is 45.6 Å². The molecule has 1 fully saturated rings. The van der Waals surface area contributed by atoms with Crippen LogP contribution < -0.4 is 0 Å². The maximum absolute atomic E-state index is 13.9. The lowest BCUT2D eigenvalue weighted by molar-refractivity contribution is -0.144. The van der Waals surface area contributed by atoms with Crippen LogP contribution in [0.15, 0.2) is 54.7 Å². The summed E-state index contributed by atoms with van der Waals surface area (Å²) < 4.78 is 13.5. The van der Waals surface area contributed by atoms with E-state index >= 15 is 0 Å². The smallest absolute Gasteiger partial charge is 0.306 e. The standard InChI is InChI=1S/C30H29Cl3N2O5/c1-2-39-27(37)15-18-10-13-34(14-11-18)26(36)17-25-24-7-4-12-35(24)23-9-8-19(31)16-21(23)30(40-25)29(38)20-5-3-6-22(32)28(20)33/h3-9,12,16,18,25,30H,2,10-11,13-15,17H2,1H3/t25-,30+/m0/s1. The van der Waals surface area contributed by atoms with Crippen LogP contribution in [0.25, 0.3) is 5.69 Å². The highest BCUT2D eigenvalue weighted by atomic mass is 35.5. The lowest BCUT2D eigenvalue weighted by Crippen LogP contribution is -2.39. The fourth-order valence-corrected chi connectivity index (χ4v) is 6.03. The van der Waals surface area contributed by atoms with Gasteiger partial charge in [0.25, 0.3) is 0 Å². The van der Waals surface area contributed by atoms with Crippen molar-refractivity contribution in [1.29, 1.82) is 0 Å². The summed E-state index contributed by atoms with van der Waals surface area (Å²) in [5.74, 6) is -0.462. The number of likely N-dealkylation sites (tertiary alicyclic amines) is 1. The summed E-state index contributed by atoms with van der Waals surface area (Å²) >= 11 is 19.0. The molecule has 10 heteroatoms. The molecule has 1 saturated heterocycles. The third kappa shape index (κ3) is 5.93. The molecule has 0 spiro atoms. The first kappa shape index (κ1) is 28.7. The summed E-state index contributed by atoms with van der Waals surface area (Å²) in [4.78, 5) is 41.1. The quantitative estimate of drug-likeness (QED) is 0.214. The summed E-state index contributed by atoms with van der Waals surface area (Å²) in [5.41, 5.74) is 2.28. The molecular weight excluding hydrogens is 575 g/mol. The number of nitrogens with zero attached hydrogens (tertiary/aromatic N) is 2. The van der Waals surface area contributed by atoms with Crippen molar-refractivity contribution >= 4 is 52.5 Å². The van der Waals surface area contributed by atoms with Crippen molar-refractivity contribution in [2.75, 3.05) is 19.7 Å². The lowest BCUT2D eigenvalue weighted by Gasteiger charge is -2.33. The number of fused-ring (bicyclic) bond motifs is 3. The van der Waals surface area contributed by atoms with Crippen LogP contribution >= 0.6 is 34.8 Å². The highest BCUT2D eigenvalue weighted by Gasteiger charge is 2.37. The lowest BCUT2D eigenvalue weighted by atomic mass is 9.93. The number of carbonyl (C=O) groups is 3. The number of piperidine rings is 1. The summed E-state index contributed by atoms with van der Waals surface area (Å²) in [7, 11) is 0. The minimum Gasteiger partial charge on any atom is -0.466 e. The average molecular weight is 604 g/mol. The number of rotatable bonds is 7. The van der Waals surface area contributed by atoms with E-state index in [1.807, 2.05) is 29.0 Å². The highest BCUT2D eigenvalue weighted by Crippen LogP contribution is 2.42. The Morgan fingerprint density at radius 1 is 1.00 bits per heavy atom. The van der Waals surface area contributed by atoms with Gasteiger partial charge in [-0.15, -0.1) is 0 Å². The Morgan fingerprint density at radius 3 is 2.52 bits per heavy atom. The Hall–Kier alpha value is -2.84. The van der Waals surface area contributed by atoms with Gasteiger partial charge in [0.1, 0.15) is 12.2 Å². The molecule has 0 aliphatic carbocycles. The van der Waals surface area contributed by atoms with Crippen molar-refractivity contribution in [2.24, 2.45) is 5.92 Å². The second-order valence-corrected chi connectivity index (χ2v) is 11.2. The van der Waals surface area contributed by atoms with E-state index in [1.54, 1.807) is 42.2 Å². The number of ketones is 1. The summed E-state index contributed by atoms with van der Waals surface area (Å²) in [6.45, 7) is 3.25. The minimum absolute atomic E-state index is 0.0430. The molecule has 2 atom stereocenters. The Morgan fingerprint density at radius 2 is 1.77 bits per heavy atom. The zero-order valence-corrected chi connectivity index (χ0v) is 24.2. The summed E-state index contributed by atoms with van der Waals surface area (Å²) in [6, 6.07) is 13.9. The van der Waals surface area contributed by atoms with E-state index in [4.69, 9.17) is 44.3 Å². The molecule has 5 rings (SSSR count). The summed E-state index contributed by atoms with van der Waals surface area (Å²) in [6.07, 6.45) is 1.96. The number of aromatic nitrogens is 1. The number of carbonyl (C=O) groups excluding carboxylic acids is 3. The van der Waals surface area contributed by atoms with E-state index < -0.39 is 12.2 Å². The molecule has 1 aromatic heterocycles. The second kappa shape index (κ2) is 12.4. The van der Waals surface area contributed by atoms with Gasteiger partial charge in [-0.05, 0) is 68.1 Å². The van der Waals surface area contributed by atoms with Crippen molar-refractivity contribution < 1.29 is 23.9 Å². The normalized spacial score (nSPS) is 18.9. The minimum atomic E-state index is -1.07. The van der Waals surface area contributed by atoms with E-state index in [2.05, 4.69) is 0 Å². The van der Waals surface area contributed by atoms with Crippen LogP contribution in [0, 0.1) is 5.92 Å². The molecule has 0 unspecified atom stereocenters. The molecule has 3 aromatic rings. The fourth-order valence-electron chi connectivity index (χ4n) is 5.46. The van der Waals surface area contributed by atoms with Crippen molar-refractivity contribution in [1.82, 2.24) is 9.47 Å². The predicted molar refractivity (Wildman–Crippen MR) is 153 cm³/mol. The molecule has 40 heavy (non-hydrogen) atoms. The Labute approximate surface area is 247 Å². The monoisotopic (exact) mass is 602 g/mol. The van der Waals surface area contributed by atoms with Crippen molar-refractivity contribution in [3.05, 3.63) is 86.6 Å². The van der Waals surface area contributed by atoms with Gasteiger partial charge in [0.05, 0.1) is 34.5 Å². The van der Waals surface area contributed by atoms with Gasteiger partial charge < -0.3 is 18.9 Å². The Balaban J connectivity index is 1.40. The molecule has 2 aliphatic rings. The topological polar surface area (TPSA) is 77.8 Å². The molecular formula is C30H29Cl3N2O5. The van der Waals surface area contributed by atoms with Gasteiger partial charge in [-0.2, -0.15) is 0 Å². The fraction of sp³-hybridized carbons (Fsp3) is 0.367. The van der Waals surface area contributed by atoms with Crippen LogP contribution in [0.1, 0.15) is 66.4 Å². The van der Waals surface area contributed by atoms with Crippen LogP contribution in [0.4, 0.5) is 0 Å². The number of benzene rings is 2. The predicted octanol–water partition coefficient (Wildman–Crippen LogP) is 7.01. The molecule has 0 radical (unpaired) electrons. The second-order valence-electron chi connectivity index (χ2n) is 10.0. The SMILES string of the molecule is CCOC(=O)CC1CCN(C(=O)C[C@@H]2O[C@@H](C(=O)c3cccc(Cl)c3Cl)c3cc(Cl)ccc3-n3cccc32)CC1. The van der Waals surface area contributed by atoms with Crippen LogP contribution in [-0.2, 0) is 19.1 Å². The number of hydrogen-bond donors (Lipinski definition) is 0. The van der Waals surface area contributed by atoms with Crippen LogP contribution in [0.3, 0.4) is 0 Å². The summed E-state index contributed by atoms with van der Waals surface area (Å²) in [5, 5.41) is 0.853. The third-order valence-electron chi connectivity index (χ3n) is 7.49. The zero-order chi connectivity index (χ0) is 28.4. The van der Waals surface area contributed by atoms with Crippen LogP contribution in [-0.4, -0.2) is 46.8 Å². The van der Waals surface area contributed by atoms with Crippen LogP contribution in [0.2, 0.25) is 15.1 Å². The molecule has 0 N–H and O–H groups in total. The molecule has 2 aliphatic heterocycles. The van der Waals surface area contributed by atoms with Gasteiger partial charge in [0, 0.05) is 41.9 Å². The average Bonchev–Trinajstić information content (AvgIpc) is 3.38. The van der Waals surface area contributed by atoms with Gasteiger partial charge in [0.15, 0.2) is 5.78 Å². The zero-order valence-electron chi connectivity index (χ0n) is 21.9. The van der Waals surface area contributed by atoms with Gasteiger partial charge in [-0.3, -0.25) is 14.4 Å². The van der Waals surface area contributed by atoms with Gasteiger partial charge in [-0.25, -0.2) is 0 Å². The van der Waals surface area contributed by atoms with Crippen molar-refractivity contribution in [3.63, 3.8) is 0 Å². The molecule has 1 amide bonds. The number of Topliss-reactive ketones (excluding diaryl/α,β-unsaturated/α-hetero) is 1. The van der Waals surface area contributed by atoms with E-state index in [1.165, 1.54) is 0 Å². The molecule has 0 bridgehead atoms. The number of hydrogen-bond acceptors (Lipinski definition) is 5. The number of amides is 1. The van der Waals surface area contributed by atoms with E-state index in [0.717, 1.165) is 24.2 Å². The van der Waals surface area contributed by atoms with Gasteiger partial charge >= 0.3 is 5.97 Å². The van der Waals surface area contributed by atoms with Gasteiger partial charge in [0.2, 0.25) is 5.91 Å². The molecule has 210 valence electrons. The third-order valence-corrected chi connectivity index (χ3v) is 8.54. The number of esters is 1. The Kier molecular flexibility index (Phi) is 8.86. The molecule has 7 nitrogen and oxygen atoms in total. The maximum atomic E-state index is 13.9. The molecule has 3 heterocycles. The van der Waals surface area contributed by atoms with E-state index in [0.29, 0.717) is 36.7 Å². The largest absolute Gasteiger partial charge is 0.466 e. The first-order chi connectivity index (χ1) is 19.3. The number of ether oxygens (including phenoxy) is 2. The first-order valence-electron chi connectivity index (χ1n) is 13.3. The van der Waals surface area contributed by atoms with Crippen molar-refractivity contribution in [2.45, 2.75) is 44.8 Å². The van der Waals surface area contributed by atoms with Crippen molar-refractivity contribution in [3.8, 4) is 5.69 Å². The van der Waals surface area contributed by atoms with Crippen LogP contribution in [0.5, 0.6) is 0 Å². The maximum Gasteiger partial charge on any atom is 0.306 e. The first-order valence-corrected chi connectivity index (χ1v) is 14.4. The molecule has 0 saturated carbocycles. The van der Waals surface area contributed by atoms with Gasteiger partial charge in [-0.1, -0.05) is 40.9 Å².